The smallest absolute Gasteiger partial charge is 0.315 e. The zero-order valence-electron chi connectivity index (χ0n) is 11.6. The van der Waals surface area contributed by atoms with Gasteiger partial charge in [0.2, 0.25) is 0 Å². The molecule has 1 aromatic rings. The predicted molar refractivity (Wildman–Crippen MR) is 72.7 cm³/mol. The van der Waals surface area contributed by atoms with Gasteiger partial charge in [-0.3, -0.25) is 4.79 Å². The Morgan fingerprint density at radius 3 is 2.56 bits per heavy atom. The SMILES string of the molecule is CCOC(=O)C(C)(C)c1ccc2c(c1)CCCC2. The van der Waals surface area contributed by atoms with Crippen LogP contribution in [0.5, 0.6) is 0 Å². The number of benzene rings is 1. The molecule has 0 spiro atoms. The van der Waals surface area contributed by atoms with Crippen molar-refractivity contribution >= 4 is 5.97 Å². The van der Waals surface area contributed by atoms with E-state index in [1.54, 1.807) is 0 Å². The van der Waals surface area contributed by atoms with Gasteiger partial charge < -0.3 is 4.74 Å². The summed E-state index contributed by atoms with van der Waals surface area (Å²) in [6.07, 6.45) is 4.86. The fraction of sp³-hybridized carbons (Fsp3) is 0.562. The second kappa shape index (κ2) is 5.13. The number of ether oxygens (including phenoxy) is 1. The number of rotatable bonds is 3. The van der Waals surface area contributed by atoms with Crippen LogP contribution in [0.1, 0.15) is 50.3 Å². The van der Waals surface area contributed by atoms with Crippen molar-refractivity contribution in [1.29, 1.82) is 0 Å². The molecule has 0 bridgehead atoms. The van der Waals surface area contributed by atoms with Crippen LogP contribution in [-0.2, 0) is 27.8 Å². The van der Waals surface area contributed by atoms with Crippen LogP contribution in [0.2, 0.25) is 0 Å². The Bertz CT molecular complexity index is 446. The predicted octanol–water partition coefficient (Wildman–Crippen LogP) is 3.41. The molecule has 18 heavy (non-hydrogen) atoms. The molecule has 0 amide bonds. The Balaban J connectivity index is 2.30. The molecular formula is C16H22O2. The van der Waals surface area contributed by atoms with Crippen LogP contribution < -0.4 is 0 Å². The number of carbonyl (C=O) groups excluding carboxylic acids is 1. The first-order valence-corrected chi connectivity index (χ1v) is 6.85. The van der Waals surface area contributed by atoms with E-state index in [4.69, 9.17) is 4.74 Å². The second-order valence-corrected chi connectivity index (χ2v) is 5.54. The number of fused-ring (bicyclic) bond motifs is 1. The highest BCUT2D eigenvalue weighted by atomic mass is 16.5. The van der Waals surface area contributed by atoms with E-state index in [0.717, 1.165) is 12.0 Å². The highest BCUT2D eigenvalue weighted by Crippen LogP contribution is 2.29. The molecule has 0 radical (unpaired) electrons. The summed E-state index contributed by atoms with van der Waals surface area (Å²) in [5.41, 5.74) is 3.38. The fourth-order valence-electron chi connectivity index (χ4n) is 2.55. The molecule has 0 aliphatic heterocycles. The minimum atomic E-state index is -0.553. The van der Waals surface area contributed by atoms with Crippen molar-refractivity contribution in [2.45, 2.75) is 51.9 Å². The third kappa shape index (κ3) is 2.43. The first-order chi connectivity index (χ1) is 8.55. The van der Waals surface area contributed by atoms with Crippen LogP contribution in [0.25, 0.3) is 0 Å². The van der Waals surface area contributed by atoms with Crippen molar-refractivity contribution in [3.63, 3.8) is 0 Å². The number of carbonyl (C=O) groups is 1. The lowest BCUT2D eigenvalue weighted by Gasteiger charge is -2.25. The van der Waals surface area contributed by atoms with Gasteiger partial charge in [-0.15, -0.1) is 0 Å². The molecule has 0 saturated carbocycles. The highest BCUT2D eigenvalue weighted by molar-refractivity contribution is 5.82. The minimum Gasteiger partial charge on any atom is -0.465 e. The van der Waals surface area contributed by atoms with Gasteiger partial charge in [-0.25, -0.2) is 0 Å². The molecule has 0 fully saturated rings. The van der Waals surface area contributed by atoms with Gasteiger partial charge in [0.15, 0.2) is 0 Å². The molecule has 0 N–H and O–H groups in total. The zero-order valence-corrected chi connectivity index (χ0v) is 11.6. The lowest BCUT2D eigenvalue weighted by Crippen LogP contribution is -2.31. The molecule has 0 aromatic heterocycles. The summed E-state index contributed by atoms with van der Waals surface area (Å²) in [6.45, 7) is 6.17. The summed E-state index contributed by atoms with van der Waals surface area (Å²) < 4.78 is 5.17. The van der Waals surface area contributed by atoms with E-state index in [0.29, 0.717) is 6.61 Å². The van der Waals surface area contributed by atoms with E-state index in [1.165, 1.54) is 30.4 Å². The standard InChI is InChI=1S/C16H22O2/c1-4-18-15(17)16(2,3)14-10-9-12-7-5-6-8-13(12)11-14/h9-11H,4-8H2,1-3H3. The third-order valence-electron chi connectivity index (χ3n) is 3.86. The van der Waals surface area contributed by atoms with E-state index in [9.17, 15) is 4.79 Å². The van der Waals surface area contributed by atoms with Gasteiger partial charge in [-0.2, -0.15) is 0 Å². The van der Waals surface area contributed by atoms with Crippen molar-refractivity contribution in [1.82, 2.24) is 0 Å². The Hall–Kier alpha value is -1.31. The zero-order chi connectivity index (χ0) is 13.2. The number of hydrogen-bond donors (Lipinski definition) is 0. The van der Waals surface area contributed by atoms with Crippen LogP contribution in [0.3, 0.4) is 0 Å². The van der Waals surface area contributed by atoms with E-state index in [1.807, 2.05) is 20.8 Å². The highest BCUT2D eigenvalue weighted by Gasteiger charge is 2.31. The molecule has 1 aliphatic carbocycles. The normalized spacial score (nSPS) is 15.1. The average Bonchev–Trinajstić information content (AvgIpc) is 2.38. The minimum absolute atomic E-state index is 0.138. The molecule has 0 unspecified atom stereocenters. The Kier molecular flexibility index (Phi) is 3.74. The van der Waals surface area contributed by atoms with Crippen LogP contribution in [0, 0.1) is 0 Å². The van der Waals surface area contributed by atoms with E-state index in [-0.39, 0.29) is 5.97 Å². The molecule has 0 atom stereocenters. The Labute approximate surface area is 109 Å². The Morgan fingerprint density at radius 2 is 1.89 bits per heavy atom. The maximum Gasteiger partial charge on any atom is 0.315 e. The number of aryl methyl sites for hydroxylation is 2. The maximum absolute atomic E-state index is 12.0. The largest absolute Gasteiger partial charge is 0.465 e. The molecule has 0 heterocycles. The van der Waals surface area contributed by atoms with Crippen molar-refractivity contribution < 1.29 is 9.53 Å². The Morgan fingerprint density at radius 1 is 1.22 bits per heavy atom. The van der Waals surface area contributed by atoms with Crippen molar-refractivity contribution in [3.05, 3.63) is 34.9 Å². The second-order valence-electron chi connectivity index (χ2n) is 5.54. The molecule has 0 saturated heterocycles. The molecule has 1 aromatic carbocycles. The van der Waals surface area contributed by atoms with Crippen molar-refractivity contribution in [2.24, 2.45) is 0 Å². The van der Waals surface area contributed by atoms with Crippen molar-refractivity contribution in [2.75, 3.05) is 6.61 Å². The molecule has 2 heteroatoms. The van der Waals surface area contributed by atoms with E-state index < -0.39 is 5.41 Å². The van der Waals surface area contributed by atoms with Crippen LogP contribution >= 0.6 is 0 Å². The van der Waals surface area contributed by atoms with Crippen molar-refractivity contribution in [3.8, 4) is 0 Å². The third-order valence-corrected chi connectivity index (χ3v) is 3.86. The summed E-state index contributed by atoms with van der Waals surface area (Å²) in [6, 6.07) is 6.47. The first kappa shape index (κ1) is 13.1. The topological polar surface area (TPSA) is 26.3 Å². The van der Waals surface area contributed by atoms with Gasteiger partial charge in [0.25, 0.3) is 0 Å². The molecule has 2 nitrogen and oxygen atoms in total. The van der Waals surface area contributed by atoms with Gasteiger partial charge in [-0.1, -0.05) is 18.2 Å². The van der Waals surface area contributed by atoms with Crippen LogP contribution in [-0.4, -0.2) is 12.6 Å². The van der Waals surface area contributed by atoms with Gasteiger partial charge in [0.1, 0.15) is 0 Å². The molecule has 2 rings (SSSR count). The lowest BCUT2D eigenvalue weighted by atomic mass is 9.81. The average molecular weight is 246 g/mol. The first-order valence-electron chi connectivity index (χ1n) is 6.85. The summed E-state index contributed by atoms with van der Waals surface area (Å²) in [5, 5.41) is 0. The number of esters is 1. The molecular weight excluding hydrogens is 224 g/mol. The fourth-order valence-corrected chi connectivity index (χ4v) is 2.55. The summed E-state index contributed by atoms with van der Waals surface area (Å²) >= 11 is 0. The monoisotopic (exact) mass is 246 g/mol. The van der Waals surface area contributed by atoms with E-state index >= 15 is 0 Å². The van der Waals surface area contributed by atoms with Gasteiger partial charge >= 0.3 is 5.97 Å². The molecule has 98 valence electrons. The van der Waals surface area contributed by atoms with Crippen LogP contribution in [0.15, 0.2) is 18.2 Å². The van der Waals surface area contributed by atoms with E-state index in [2.05, 4.69) is 18.2 Å². The molecule has 1 aliphatic rings. The van der Waals surface area contributed by atoms with Gasteiger partial charge in [0, 0.05) is 0 Å². The lowest BCUT2D eigenvalue weighted by molar-refractivity contribution is -0.148. The van der Waals surface area contributed by atoms with Gasteiger partial charge in [-0.05, 0) is 63.1 Å². The van der Waals surface area contributed by atoms with Crippen LogP contribution in [0.4, 0.5) is 0 Å². The summed E-state index contributed by atoms with van der Waals surface area (Å²) in [7, 11) is 0. The van der Waals surface area contributed by atoms with Gasteiger partial charge in [0.05, 0.1) is 12.0 Å². The maximum atomic E-state index is 12.0. The summed E-state index contributed by atoms with van der Waals surface area (Å²) in [5.74, 6) is -0.138. The quantitative estimate of drug-likeness (QED) is 0.764. The summed E-state index contributed by atoms with van der Waals surface area (Å²) in [4.78, 5) is 12.0. The number of hydrogen-bond acceptors (Lipinski definition) is 2.